The summed E-state index contributed by atoms with van der Waals surface area (Å²) in [4.78, 5) is 12.2. The van der Waals surface area contributed by atoms with Gasteiger partial charge in [0.1, 0.15) is 17.2 Å². The fraction of sp³-hybridized carbons (Fsp3) is 0.0909. The first-order chi connectivity index (χ1) is 18.6. The summed E-state index contributed by atoms with van der Waals surface area (Å²) in [5, 5.41) is 8.21. The fourth-order valence-corrected chi connectivity index (χ4v) is 4.62. The Hall–Kier alpha value is -4.90. The highest BCUT2D eigenvalue weighted by Crippen LogP contribution is 2.41. The molecule has 1 aromatic heterocycles. The average molecular weight is 501 g/mol. The van der Waals surface area contributed by atoms with Crippen molar-refractivity contribution < 1.29 is 14.3 Å². The third kappa shape index (κ3) is 5.13. The highest BCUT2D eigenvalue weighted by atomic mass is 16.5. The first kappa shape index (κ1) is 24.8. The minimum absolute atomic E-state index is 0.472. The number of ether oxygens (including phenoxy) is 2. The van der Waals surface area contributed by atoms with Gasteiger partial charge in [0.2, 0.25) is 0 Å². The van der Waals surface area contributed by atoms with Crippen LogP contribution in [-0.2, 0) is 4.79 Å². The molecule has 5 aromatic rings. The Balaban J connectivity index is 1.75. The second-order valence-corrected chi connectivity index (χ2v) is 8.89. The number of H-pyrrole nitrogens is 1. The molecule has 0 bridgehead atoms. The van der Waals surface area contributed by atoms with Crippen molar-refractivity contribution >= 4 is 28.0 Å². The maximum atomic E-state index is 12.2. The molecule has 0 spiro atoms. The van der Waals surface area contributed by atoms with E-state index in [-0.39, 0.29) is 0 Å². The quantitative estimate of drug-likeness (QED) is 0.101. The minimum atomic E-state index is -0.505. The van der Waals surface area contributed by atoms with Gasteiger partial charge in [0, 0.05) is 17.0 Å². The summed E-state index contributed by atoms with van der Waals surface area (Å²) in [6.45, 7) is 7.79. The zero-order chi connectivity index (χ0) is 26.5. The molecule has 0 amide bonds. The Kier molecular flexibility index (Phi) is 7.18. The van der Waals surface area contributed by atoms with Crippen LogP contribution in [0.15, 0.2) is 110 Å². The third-order valence-corrected chi connectivity index (χ3v) is 6.43. The Morgan fingerprint density at radius 2 is 1.71 bits per heavy atom. The van der Waals surface area contributed by atoms with Crippen LogP contribution >= 0.6 is 0 Å². The number of nitrogens with one attached hydrogen (secondary N) is 1. The van der Waals surface area contributed by atoms with E-state index in [2.05, 4.69) is 54.9 Å². The normalized spacial score (nSPS) is 11.6. The number of aromatic amines is 1. The standard InChI is InChI=1S/C33H28N2O3/c1-4-27(29-20-26(17-15-22(29)3)37-25-11-7-6-8-12-25)33(23-16-18-30-24(19-23)21-34-35-30)28-13-9-10-14-31(28)38-32(36)5-2/h5-21H,2,4H2,1,3H3,(H,34,35)/b33-27+. The summed E-state index contributed by atoms with van der Waals surface area (Å²) in [6.07, 6.45) is 3.72. The van der Waals surface area contributed by atoms with Crippen LogP contribution in [0.3, 0.4) is 0 Å². The van der Waals surface area contributed by atoms with E-state index in [9.17, 15) is 4.79 Å². The van der Waals surface area contributed by atoms with E-state index in [1.807, 2.05) is 72.9 Å². The SMILES string of the molecule is C=CC(=O)Oc1ccccc1/C(=C(\CC)c1cc(Oc2ccccc2)ccc1C)c1ccc2[nH]ncc2c1. The molecule has 0 aliphatic carbocycles. The Morgan fingerprint density at radius 1 is 0.921 bits per heavy atom. The molecule has 5 nitrogen and oxygen atoms in total. The molecule has 0 saturated carbocycles. The topological polar surface area (TPSA) is 64.2 Å². The molecular formula is C33H28N2O3. The molecule has 1 heterocycles. The Labute approximate surface area is 222 Å². The molecule has 0 radical (unpaired) electrons. The lowest BCUT2D eigenvalue weighted by Crippen LogP contribution is -2.06. The van der Waals surface area contributed by atoms with E-state index < -0.39 is 5.97 Å². The molecule has 0 unspecified atom stereocenters. The van der Waals surface area contributed by atoms with Gasteiger partial charge in [-0.05, 0) is 83.6 Å². The third-order valence-electron chi connectivity index (χ3n) is 6.43. The monoisotopic (exact) mass is 500 g/mol. The molecule has 0 fully saturated rings. The number of aryl methyl sites for hydroxylation is 1. The first-order valence-electron chi connectivity index (χ1n) is 12.5. The number of aromatic nitrogens is 2. The van der Waals surface area contributed by atoms with Crippen LogP contribution in [0, 0.1) is 6.92 Å². The van der Waals surface area contributed by atoms with E-state index in [1.54, 1.807) is 0 Å². The molecule has 0 aliphatic heterocycles. The van der Waals surface area contributed by atoms with Crippen LogP contribution in [0.2, 0.25) is 0 Å². The van der Waals surface area contributed by atoms with Gasteiger partial charge in [-0.2, -0.15) is 5.10 Å². The largest absolute Gasteiger partial charge is 0.457 e. The number of benzene rings is 4. The van der Waals surface area contributed by atoms with Crippen molar-refractivity contribution in [3.8, 4) is 17.2 Å². The molecule has 0 atom stereocenters. The maximum absolute atomic E-state index is 12.2. The van der Waals surface area contributed by atoms with Crippen molar-refractivity contribution in [2.75, 3.05) is 0 Å². The zero-order valence-electron chi connectivity index (χ0n) is 21.4. The van der Waals surface area contributed by atoms with Crippen molar-refractivity contribution in [1.29, 1.82) is 0 Å². The van der Waals surface area contributed by atoms with Crippen LogP contribution in [0.25, 0.3) is 22.0 Å². The summed E-state index contributed by atoms with van der Waals surface area (Å²) in [7, 11) is 0. The molecule has 188 valence electrons. The lowest BCUT2D eigenvalue weighted by Gasteiger charge is -2.20. The van der Waals surface area contributed by atoms with Crippen LogP contribution in [0.5, 0.6) is 17.2 Å². The molecule has 38 heavy (non-hydrogen) atoms. The minimum Gasteiger partial charge on any atom is -0.457 e. The van der Waals surface area contributed by atoms with E-state index in [0.717, 1.165) is 62.2 Å². The molecule has 0 saturated heterocycles. The number of nitrogens with zero attached hydrogens (tertiary/aromatic N) is 1. The van der Waals surface area contributed by atoms with Gasteiger partial charge in [0.15, 0.2) is 0 Å². The van der Waals surface area contributed by atoms with Gasteiger partial charge in [-0.15, -0.1) is 0 Å². The van der Waals surface area contributed by atoms with Crippen molar-refractivity contribution in [3.63, 3.8) is 0 Å². The van der Waals surface area contributed by atoms with Gasteiger partial charge in [-0.25, -0.2) is 4.79 Å². The maximum Gasteiger partial charge on any atom is 0.335 e. The van der Waals surface area contributed by atoms with E-state index in [0.29, 0.717) is 5.75 Å². The number of rotatable bonds is 8. The highest BCUT2D eigenvalue weighted by Gasteiger charge is 2.20. The van der Waals surface area contributed by atoms with Gasteiger partial charge in [0.05, 0.1) is 11.7 Å². The number of carbonyl (C=O) groups is 1. The molecule has 0 aliphatic rings. The van der Waals surface area contributed by atoms with Gasteiger partial charge >= 0.3 is 5.97 Å². The molecule has 1 N–H and O–H groups in total. The number of carbonyl (C=O) groups excluding carboxylic acids is 1. The average Bonchev–Trinajstić information content (AvgIpc) is 3.42. The summed E-state index contributed by atoms with van der Waals surface area (Å²) < 4.78 is 11.9. The predicted octanol–water partition coefficient (Wildman–Crippen LogP) is 8.12. The summed E-state index contributed by atoms with van der Waals surface area (Å²) in [5.74, 6) is 1.49. The lowest BCUT2D eigenvalue weighted by atomic mass is 9.86. The fourth-order valence-electron chi connectivity index (χ4n) is 4.62. The molecule has 5 heteroatoms. The summed E-state index contributed by atoms with van der Waals surface area (Å²) in [5.41, 5.74) is 7.02. The summed E-state index contributed by atoms with van der Waals surface area (Å²) >= 11 is 0. The summed E-state index contributed by atoms with van der Waals surface area (Å²) in [6, 6.07) is 29.7. The van der Waals surface area contributed by atoms with Gasteiger partial charge in [-0.3, -0.25) is 5.10 Å². The number of hydrogen-bond acceptors (Lipinski definition) is 4. The second kappa shape index (κ2) is 11.0. The van der Waals surface area contributed by atoms with E-state index in [1.165, 1.54) is 6.08 Å². The van der Waals surface area contributed by atoms with Gasteiger partial charge in [0.25, 0.3) is 0 Å². The van der Waals surface area contributed by atoms with Crippen molar-refractivity contribution in [1.82, 2.24) is 10.2 Å². The smallest absolute Gasteiger partial charge is 0.335 e. The number of allylic oxidation sites excluding steroid dienone is 1. The van der Waals surface area contributed by atoms with Crippen LogP contribution < -0.4 is 9.47 Å². The Bertz CT molecular complexity index is 1650. The van der Waals surface area contributed by atoms with E-state index in [4.69, 9.17) is 9.47 Å². The van der Waals surface area contributed by atoms with Crippen LogP contribution in [-0.4, -0.2) is 16.2 Å². The number of hydrogen-bond donors (Lipinski definition) is 1. The number of fused-ring (bicyclic) bond motifs is 1. The zero-order valence-corrected chi connectivity index (χ0v) is 21.4. The van der Waals surface area contributed by atoms with Crippen molar-refractivity contribution in [2.45, 2.75) is 20.3 Å². The predicted molar refractivity (Wildman–Crippen MR) is 152 cm³/mol. The van der Waals surface area contributed by atoms with Crippen molar-refractivity contribution in [3.05, 3.63) is 132 Å². The molecular weight excluding hydrogens is 472 g/mol. The second-order valence-electron chi connectivity index (χ2n) is 8.89. The number of esters is 1. The highest BCUT2D eigenvalue weighted by molar-refractivity contribution is 6.02. The molecule has 5 rings (SSSR count). The lowest BCUT2D eigenvalue weighted by molar-refractivity contribution is -0.128. The molecule has 4 aromatic carbocycles. The first-order valence-corrected chi connectivity index (χ1v) is 12.5. The van der Waals surface area contributed by atoms with Crippen LogP contribution in [0.1, 0.15) is 35.6 Å². The van der Waals surface area contributed by atoms with Gasteiger partial charge in [-0.1, -0.05) is 62.0 Å². The van der Waals surface area contributed by atoms with Crippen molar-refractivity contribution in [2.24, 2.45) is 0 Å². The van der Waals surface area contributed by atoms with Gasteiger partial charge < -0.3 is 9.47 Å². The Morgan fingerprint density at radius 3 is 2.50 bits per heavy atom. The van der Waals surface area contributed by atoms with Crippen LogP contribution in [0.4, 0.5) is 0 Å². The number of para-hydroxylation sites is 2. The van der Waals surface area contributed by atoms with E-state index >= 15 is 0 Å².